The molecule has 2 rings (SSSR count). The van der Waals surface area contributed by atoms with Crippen molar-refractivity contribution >= 4 is 31.9 Å². The lowest BCUT2D eigenvalue weighted by Crippen LogP contribution is -2.38. The van der Waals surface area contributed by atoms with Gasteiger partial charge in [-0.15, -0.1) is 0 Å². The third-order valence-electron chi connectivity index (χ3n) is 3.87. The minimum atomic E-state index is -3.60. The molecular formula is C15H23NO6S3. The molecule has 1 saturated heterocycles. The van der Waals surface area contributed by atoms with Gasteiger partial charge in [0.25, 0.3) is 10.1 Å². The second-order valence-corrected chi connectivity index (χ2v) is 10.9. The van der Waals surface area contributed by atoms with Gasteiger partial charge in [-0.3, -0.25) is 4.18 Å². The van der Waals surface area contributed by atoms with E-state index in [1.807, 2.05) is 24.3 Å². The Balaban J connectivity index is 1.97. The van der Waals surface area contributed by atoms with Crippen LogP contribution in [-0.2, 0) is 30.1 Å². The van der Waals surface area contributed by atoms with E-state index in [4.69, 9.17) is 8.92 Å². The first-order valence-corrected chi connectivity index (χ1v) is 12.4. The monoisotopic (exact) mass is 409 g/mol. The van der Waals surface area contributed by atoms with Crippen molar-refractivity contribution < 1.29 is 25.8 Å². The van der Waals surface area contributed by atoms with Crippen molar-refractivity contribution in [1.29, 1.82) is 0 Å². The molecule has 0 saturated carbocycles. The summed E-state index contributed by atoms with van der Waals surface area (Å²) in [7, 11) is -5.40. The average molecular weight is 410 g/mol. The summed E-state index contributed by atoms with van der Waals surface area (Å²) >= 11 is 1.66. The first kappa shape index (κ1) is 20.5. The summed E-state index contributed by atoms with van der Waals surface area (Å²) in [5, 5.41) is 0.0880. The van der Waals surface area contributed by atoms with Crippen LogP contribution in [0.1, 0.15) is 12.0 Å². The maximum absolute atomic E-state index is 12.0. The molecule has 1 aromatic rings. The van der Waals surface area contributed by atoms with Gasteiger partial charge in [0, 0.05) is 17.5 Å². The van der Waals surface area contributed by atoms with Crippen LogP contribution in [0.2, 0.25) is 0 Å². The average Bonchev–Trinajstić information content (AvgIpc) is 2.94. The van der Waals surface area contributed by atoms with E-state index in [9.17, 15) is 16.8 Å². The molecule has 1 fully saturated rings. The Morgan fingerprint density at radius 2 is 1.80 bits per heavy atom. The van der Waals surface area contributed by atoms with Crippen molar-refractivity contribution in [1.82, 2.24) is 4.31 Å². The fourth-order valence-corrected chi connectivity index (χ4v) is 5.54. The number of rotatable bonds is 8. The summed E-state index contributed by atoms with van der Waals surface area (Å²) in [5.41, 5.74) is 1.12. The molecule has 1 aliphatic heterocycles. The lowest BCUT2D eigenvalue weighted by molar-refractivity contribution is 0.239. The third-order valence-corrected chi connectivity index (χ3v) is 7.05. The van der Waals surface area contributed by atoms with E-state index < -0.39 is 26.2 Å². The van der Waals surface area contributed by atoms with Crippen LogP contribution in [-0.4, -0.2) is 65.2 Å². The quantitative estimate of drug-likeness (QED) is 0.598. The Labute approximate surface area is 153 Å². The summed E-state index contributed by atoms with van der Waals surface area (Å²) < 4.78 is 57.6. The largest absolute Gasteiger partial charge is 0.497 e. The Morgan fingerprint density at radius 1 is 1.16 bits per heavy atom. The zero-order chi connectivity index (χ0) is 18.7. The zero-order valence-corrected chi connectivity index (χ0v) is 16.9. The zero-order valence-electron chi connectivity index (χ0n) is 14.4. The second-order valence-electron chi connectivity index (χ2n) is 5.99. The van der Waals surface area contributed by atoms with Crippen molar-refractivity contribution in [3.05, 3.63) is 29.8 Å². The van der Waals surface area contributed by atoms with Gasteiger partial charge in [0.15, 0.2) is 0 Å². The molecule has 0 N–H and O–H groups in total. The molecule has 7 nitrogen and oxygen atoms in total. The minimum absolute atomic E-state index is 0.0880. The van der Waals surface area contributed by atoms with Gasteiger partial charge in [-0.05, 0) is 24.1 Å². The predicted molar refractivity (Wildman–Crippen MR) is 98.8 cm³/mol. The molecule has 2 atom stereocenters. The number of hydrogen-bond donors (Lipinski definition) is 0. The second kappa shape index (κ2) is 8.26. The molecule has 1 heterocycles. The van der Waals surface area contributed by atoms with Gasteiger partial charge in [0.1, 0.15) is 5.75 Å². The highest BCUT2D eigenvalue weighted by Crippen LogP contribution is 2.32. The smallest absolute Gasteiger partial charge is 0.264 e. The molecule has 2 unspecified atom stereocenters. The summed E-state index contributed by atoms with van der Waals surface area (Å²) in [5.74, 6) is 1.53. The van der Waals surface area contributed by atoms with E-state index in [0.717, 1.165) is 29.6 Å². The van der Waals surface area contributed by atoms with Crippen molar-refractivity contribution in [3.63, 3.8) is 0 Å². The van der Waals surface area contributed by atoms with Gasteiger partial charge in [0.05, 0.1) is 32.3 Å². The van der Waals surface area contributed by atoms with Crippen LogP contribution < -0.4 is 4.74 Å². The number of sulfonamides is 1. The van der Waals surface area contributed by atoms with Crippen LogP contribution in [0.15, 0.2) is 24.3 Å². The number of ether oxygens (including phenoxy) is 1. The summed E-state index contributed by atoms with van der Waals surface area (Å²) in [4.78, 5) is 0. The minimum Gasteiger partial charge on any atom is -0.497 e. The van der Waals surface area contributed by atoms with Gasteiger partial charge in [-0.2, -0.15) is 24.5 Å². The maximum atomic E-state index is 12.0. The molecule has 142 valence electrons. The Kier molecular flexibility index (Phi) is 6.77. The fourth-order valence-electron chi connectivity index (χ4n) is 2.66. The number of hydrogen-bond acceptors (Lipinski definition) is 7. The van der Waals surface area contributed by atoms with E-state index in [2.05, 4.69) is 0 Å². The molecule has 0 bridgehead atoms. The molecule has 0 amide bonds. The number of methoxy groups -OCH3 is 1. The van der Waals surface area contributed by atoms with Crippen LogP contribution in [0.4, 0.5) is 0 Å². The topological polar surface area (TPSA) is 90.0 Å². The highest BCUT2D eigenvalue weighted by atomic mass is 32.2. The van der Waals surface area contributed by atoms with Gasteiger partial charge in [-0.1, -0.05) is 12.1 Å². The molecule has 1 aromatic carbocycles. The molecule has 25 heavy (non-hydrogen) atoms. The summed E-state index contributed by atoms with van der Waals surface area (Å²) in [6.07, 6.45) is 2.66. The Bertz CT molecular complexity index is 776. The van der Waals surface area contributed by atoms with Crippen LogP contribution in [0.5, 0.6) is 5.75 Å². The molecule has 0 spiro atoms. The SMILES string of the molecule is COc1ccc(CSC2CC(COS(C)(=O)=O)N(S(C)(=O)=O)C2)cc1. The van der Waals surface area contributed by atoms with Crippen LogP contribution in [0.25, 0.3) is 0 Å². The van der Waals surface area contributed by atoms with Crippen molar-refractivity contribution in [2.75, 3.05) is 32.8 Å². The lowest BCUT2D eigenvalue weighted by Gasteiger charge is -2.21. The normalized spacial score (nSPS) is 22.2. The van der Waals surface area contributed by atoms with Gasteiger partial charge in [0.2, 0.25) is 10.0 Å². The van der Waals surface area contributed by atoms with E-state index >= 15 is 0 Å². The molecule has 0 aliphatic carbocycles. The van der Waals surface area contributed by atoms with E-state index in [1.165, 1.54) is 4.31 Å². The van der Waals surface area contributed by atoms with Crippen LogP contribution >= 0.6 is 11.8 Å². The molecule has 0 aromatic heterocycles. The van der Waals surface area contributed by atoms with Crippen LogP contribution in [0, 0.1) is 0 Å². The Morgan fingerprint density at radius 3 is 2.32 bits per heavy atom. The van der Waals surface area contributed by atoms with Crippen molar-refractivity contribution in [3.8, 4) is 5.75 Å². The highest BCUT2D eigenvalue weighted by molar-refractivity contribution is 7.99. The molecular weight excluding hydrogens is 386 g/mol. The number of benzene rings is 1. The predicted octanol–water partition coefficient (Wildman–Crippen LogP) is 1.31. The van der Waals surface area contributed by atoms with Crippen molar-refractivity contribution in [2.24, 2.45) is 0 Å². The van der Waals surface area contributed by atoms with Gasteiger partial charge in [-0.25, -0.2) is 8.42 Å². The fraction of sp³-hybridized carbons (Fsp3) is 0.600. The molecule has 10 heteroatoms. The first-order valence-electron chi connectivity index (χ1n) is 7.64. The number of thioether (sulfide) groups is 1. The maximum Gasteiger partial charge on any atom is 0.264 e. The van der Waals surface area contributed by atoms with Crippen molar-refractivity contribution in [2.45, 2.75) is 23.5 Å². The van der Waals surface area contributed by atoms with Crippen LogP contribution in [0.3, 0.4) is 0 Å². The van der Waals surface area contributed by atoms with E-state index in [0.29, 0.717) is 13.0 Å². The highest BCUT2D eigenvalue weighted by Gasteiger charge is 2.38. The molecule has 1 aliphatic rings. The lowest BCUT2D eigenvalue weighted by atomic mass is 10.2. The molecule has 0 radical (unpaired) electrons. The third kappa shape index (κ3) is 6.45. The summed E-state index contributed by atoms with van der Waals surface area (Å²) in [6.45, 7) is 0.211. The Hall–Kier alpha value is -0.810. The van der Waals surface area contributed by atoms with E-state index in [1.54, 1.807) is 18.9 Å². The first-order chi connectivity index (χ1) is 11.6. The van der Waals surface area contributed by atoms with E-state index in [-0.39, 0.29) is 11.9 Å². The number of nitrogens with zero attached hydrogens (tertiary/aromatic N) is 1. The standard InChI is InChI=1S/C15H23NO6S3/c1-21-14-6-4-12(5-7-14)11-23-15-8-13(10-22-25(3,19)20)16(9-15)24(2,17)18/h4-7,13,15H,8-11H2,1-3H3. The van der Waals surface area contributed by atoms with Gasteiger partial charge < -0.3 is 4.74 Å². The van der Waals surface area contributed by atoms with Gasteiger partial charge >= 0.3 is 0 Å². The summed E-state index contributed by atoms with van der Waals surface area (Å²) in [6, 6.07) is 7.25.